The van der Waals surface area contributed by atoms with Gasteiger partial charge in [-0.1, -0.05) is 15.9 Å². The molecule has 5 nitrogen and oxygen atoms in total. The van der Waals surface area contributed by atoms with Crippen LogP contribution in [0.1, 0.15) is 5.56 Å². The maximum Gasteiger partial charge on any atom is 0.240 e. The molecule has 1 N–H and O–H groups in total. The average Bonchev–Trinajstić information content (AvgIpc) is 2.41. The Morgan fingerprint density at radius 2 is 2.21 bits per heavy atom. The van der Waals surface area contributed by atoms with Gasteiger partial charge in [0, 0.05) is 11.0 Å². The molecule has 1 fully saturated rings. The van der Waals surface area contributed by atoms with Gasteiger partial charge in [-0.05, 0) is 30.7 Å². The van der Waals surface area contributed by atoms with Crippen molar-refractivity contribution in [2.75, 3.05) is 26.4 Å². The maximum absolute atomic E-state index is 12.1. The van der Waals surface area contributed by atoms with Crippen LogP contribution >= 0.6 is 15.9 Å². The highest BCUT2D eigenvalue weighted by Gasteiger charge is 2.19. The zero-order valence-corrected chi connectivity index (χ0v) is 13.0. The molecule has 1 aromatic carbocycles. The topological polar surface area (TPSA) is 64.6 Å². The van der Waals surface area contributed by atoms with Crippen molar-refractivity contribution >= 4 is 26.0 Å². The van der Waals surface area contributed by atoms with Crippen LogP contribution in [0.4, 0.5) is 0 Å². The van der Waals surface area contributed by atoms with E-state index in [1.807, 2.05) is 6.92 Å². The number of rotatable bonds is 4. The lowest BCUT2D eigenvalue weighted by Crippen LogP contribution is -2.39. The molecule has 0 aromatic heterocycles. The van der Waals surface area contributed by atoms with E-state index in [9.17, 15) is 8.42 Å². The van der Waals surface area contributed by atoms with Gasteiger partial charge >= 0.3 is 0 Å². The molecule has 0 spiro atoms. The molecular formula is C12H16BrNO4S. The Labute approximate surface area is 121 Å². The Hall–Kier alpha value is -0.470. The second-order valence-electron chi connectivity index (χ2n) is 4.33. The van der Waals surface area contributed by atoms with E-state index in [4.69, 9.17) is 9.47 Å². The van der Waals surface area contributed by atoms with Gasteiger partial charge in [0.15, 0.2) is 0 Å². The van der Waals surface area contributed by atoms with Gasteiger partial charge in [-0.15, -0.1) is 0 Å². The van der Waals surface area contributed by atoms with Crippen LogP contribution in [0.3, 0.4) is 0 Å². The minimum absolute atomic E-state index is 0.220. The smallest absolute Gasteiger partial charge is 0.240 e. The molecule has 0 radical (unpaired) electrons. The predicted molar refractivity (Wildman–Crippen MR) is 74.6 cm³/mol. The largest absolute Gasteiger partial charge is 0.376 e. The monoisotopic (exact) mass is 349 g/mol. The number of nitrogens with one attached hydrogen (secondary N) is 1. The van der Waals surface area contributed by atoms with Crippen LogP contribution in [-0.4, -0.2) is 40.9 Å². The number of hydrogen-bond donors (Lipinski definition) is 1. The molecule has 2 rings (SSSR count). The van der Waals surface area contributed by atoms with Crippen molar-refractivity contribution in [1.29, 1.82) is 0 Å². The van der Waals surface area contributed by atoms with E-state index in [1.54, 1.807) is 18.2 Å². The third-order valence-electron chi connectivity index (χ3n) is 2.83. The predicted octanol–water partition coefficient (Wildman–Crippen LogP) is 1.45. The van der Waals surface area contributed by atoms with Crippen molar-refractivity contribution < 1.29 is 17.9 Å². The van der Waals surface area contributed by atoms with E-state index in [1.165, 1.54) is 0 Å². The first kappa shape index (κ1) is 14.9. The summed E-state index contributed by atoms with van der Waals surface area (Å²) in [5.41, 5.74) is 0.875. The van der Waals surface area contributed by atoms with Crippen molar-refractivity contribution in [2.24, 2.45) is 0 Å². The number of aryl methyl sites for hydroxylation is 1. The van der Waals surface area contributed by atoms with Crippen molar-refractivity contribution in [3.63, 3.8) is 0 Å². The molecule has 0 bridgehead atoms. The number of sulfonamides is 1. The zero-order valence-electron chi connectivity index (χ0n) is 10.6. The van der Waals surface area contributed by atoms with Gasteiger partial charge in [0.05, 0.1) is 30.8 Å². The summed E-state index contributed by atoms with van der Waals surface area (Å²) in [7, 11) is -3.51. The average molecular weight is 350 g/mol. The van der Waals surface area contributed by atoms with Gasteiger partial charge in [-0.2, -0.15) is 0 Å². The Kier molecular flexibility index (Phi) is 4.97. The number of ether oxygens (including phenoxy) is 2. The summed E-state index contributed by atoms with van der Waals surface area (Å²) in [5, 5.41) is 0. The second-order valence-corrected chi connectivity index (χ2v) is 6.95. The van der Waals surface area contributed by atoms with E-state index in [0.29, 0.717) is 19.8 Å². The van der Waals surface area contributed by atoms with Gasteiger partial charge in [0.25, 0.3) is 0 Å². The van der Waals surface area contributed by atoms with Gasteiger partial charge in [0.2, 0.25) is 10.0 Å². The molecule has 1 aromatic rings. The van der Waals surface area contributed by atoms with Crippen molar-refractivity contribution in [2.45, 2.75) is 17.9 Å². The summed E-state index contributed by atoms with van der Waals surface area (Å²) < 4.78 is 38.3. The summed E-state index contributed by atoms with van der Waals surface area (Å²) in [6, 6.07) is 4.92. The molecule has 19 heavy (non-hydrogen) atoms. The first-order valence-corrected chi connectivity index (χ1v) is 8.22. The Balaban J connectivity index is 2.02. The fourth-order valence-electron chi connectivity index (χ4n) is 1.72. The quantitative estimate of drug-likeness (QED) is 0.893. The molecule has 1 aliphatic heterocycles. The first-order chi connectivity index (χ1) is 8.99. The minimum Gasteiger partial charge on any atom is -0.376 e. The molecule has 1 aliphatic rings. The van der Waals surface area contributed by atoms with E-state index < -0.39 is 10.0 Å². The minimum atomic E-state index is -3.51. The van der Waals surface area contributed by atoms with E-state index in [-0.39, 0.29) is 17.5 Å². The molecule has 106 valence electrons. The summed E-state index contributed by atoms with van der Waals surface area (Å²) in [6.07, 6.45) is -0.222. The number of halogens is 1. The van der Waals surface area contributed by atoms with Gasteiger partial charge in [-0.3, -0.25) is 0 Å². The van der Waals surface area contributed by atoms with Gasteiger partial charge in [0.1, 0.15) is 0 Å². The summed E-state index contributed by atoms with van der Waals surface area (Å²) in [6.45, 7) is 3.56. The van der Waals surface area contributed by atoms with Crippen LogP contribution in [0.2, 0.25) is 0 Å². The van der Waals surface area contributed by atoms with Crippen molar-refractivity contribution in [1.82, 2.24) is 4.72 Å². The third kappa shape index (κ3) is 4.00. The molecule has 1 unspecified atom stereocenters. The van der Waals surface area contributed by atoms with Crippen molar-refractivity contribution in [3.8, 4) is 0 Å². The lowest BCUT2D eigenvalue weighted by molar-refractivity contribution is -0.0846. The first-order valence-electron chi connectivity index (χ1n) is 5.94. The van der Waals surface area contributed by atoms with Gasteiger partial charge < -0.3 is 9.47 Å². The van der Waals surface area contributed by atoms with Crippen molar-refractivity contribution in [3.05, 3.63) is 28.2 Å². The maximum atomic E-state index is 12.1. The molecule has 1 saturated heterocycles. The lowest BCUT2D eigenvalue weighted by Gasteiger charge is -2.23. The van der Waals surface area contributed by atoms with Crippen LogP contribution in [0.5, 0.6) is 0 Å². The zero-order chi connectivity index (χ0) is 13.9. The number of benzene rings is 1. The third-order valence-corrected chi connectivity index (χ3v) is 5.14. The van der Waals surface area contributed by atoms with Crippen LogP contribution < -0.4 is 4.72 Å². The molecule has 0 saturated carbocycles. The van der Waals surface area contributed by atoms with E-state index in [0.717, 1.165) is 10.0 Å². The fourth-order valence-corrected chi connectivity index (χ4v) is 3.12. The van der Waals surface area contributed by atoms with Gasteiger partial charge in [-0.25, -0.2) is 13.1 Å². The highest BCUT2D eigenvalue weighted by molar-refractivity contribution is 9.10. The summed E-state index contributed by atoms with van der Waals surface area (Å²) in [5.74, 6) is 0. The molecule has 1 heterocycles. The molecule has 0 aliphatic carbocycles. The molecule has 7 heteroatoms. The SMILES string of the molecule is Cc1cc(S(=O)(=O)NCC2COCCO2)ccc1Br. The lowest BCUT2D eigenvalue weighted by atomic mass is 10.2. The normalized spacial score (nSPS) is 20.4. The molecular weight excluding hydrogens is 334 g/mol. The number of hydrogen-bond acceptors (Lipinski definition) is 4. The van der Waals surface area contributed by atoms with E-state index in [2.05, 4.69) is 20.7 Å². The Morgan fingerprint density at radius 1 is 1.42 bits per heavy atom. The van der Waals surface area contributed by atoms with E-state index >= 15 is 0 Å². The Bertz CT molecular complexity index is 541. The van der Waals surface area contributed by atoms with Crippen LogP contribution in [-0.2, 0) is 19.5 Å². The standard InChI is InChI=1S/C12H16BrNO4S/c1-9-6-11(2-3-12(9)13)19(15,16)14-7-10-8-17-4-5-18-10/h2-3,6,10,14H,4-5,7-8H2,1H3. The van der Waals surface area contributed by atoms with Crippen LogP contribution in [0, 0.1) is 6.92 Å². The Morgan fingerprint density at radius 3 is 2.84 bits per heavy atom. The summed E-state index contributed by atoms with van der Waals surface area (Å²) in [4.78, 5) is 0.255. The highest BCUT2D eigenvalue weighted by atomic mass is 79.9. The molecule has 1 atom stereocenters. The fraction of sp³-hybridized carbons (Fsp3) is 0.500. The van der Waals surface area contributed by atoms with Crippen LogP contribution in [0.15, 0.2) is 27.6 Å². The van der Waals surface area contributed by atoms with Crippen LogP contribution in [0.25, 0.3) is 0 Å². The summed E-state index contributed by atoms with van der Waals surface area (Å²) >= 11 is 3.35. The molecule has 0 amide bonds. The highest BCUT2D eigenvalue weighted by Crippen LogP contribution is 2.19. The second kappa shape index (κ2) is 6.32.